The third-order valence-electron chi connectivity index (χ3n) is 3.13. The first-order valence-electron chi connectivity index (χ1n) is 7.72. The molecule has 0 unspecified atom stereocenters. The van der Waals surface area contributed by atoms with Crippen LogP contribution in [0.1, 0.15) is 21.5 Å². The Morgan fingerprint density at radius 3 is 2.46 bits per heavy atom. The number of carbonyl (C=O) groups excluding carboxylic acids is 1. The number of benzene rings is 2. The van der Waals surface area contributed by atoms with E-state index in [1.165, 1.54) is 0 Å². The number of methoxy groups -OCH3 is 1. The average molecular weight is 332 g/mol. The molecular weight excluding hydrogens is 312 g/mol. The van der Waals surface area contributed by atoms with Crippen molar-refractivity contribution in [1.29, 1.82) is 0 Å². The van der Waals surface area contributed by atoms with Crippen molar-refractivity contribution in [2.24, 2.45) is 0 Å². The first-order valence-corrected chi connectivity index (χ1v) is 11.2. The minimum Gasteiger partial charge on any atom is -0.497 e. The van der Waals surface area contributed by atoms with Crippen molar-refractivity contribution >= 4 is 13.9 Å². The van der Waals surface area contributed by atoms with Crippen molar-refractivity contribution in [3.05, 3.63) is 65.2 Å². The van der Waals surface area contributed by atoms with E-state index in [0.29, 0.717) is 11.1 Å². The Balaban J connectivity index is 2.34. The highest BCUT2D eigenvalue weighted by molar-refractivity contribution is 6.84. The summed E-state index contributed by atoms with van der Waals surface area (Å²) in [6.07, 6.45) is 0. The number of carbonyl (C=O) groups is 1. The molecule has 0 bridgehead atoms. The minimum absolute atomic E-state index is 0.173. The summed E-state index contributed by atoms with van der Waals surface area (Å²) in [6, 6.07) is 14.9. The van der Waals surface area contributed by atoms with Gasteiger partial charge in [0.25, 0.3) is 0 Å². The molecule has 120 valence electrons. The van der Waals surface area contributed by atoms with E-state index in [-0.39, 0.29) is 5.78 Å². The van der Waals surface area contributed by atoms with Crippen molar-refractivity contribution in [3.8, 4) is 29.1 Å². The summed E-state index contributed by atoms with van der Waals surface area (Å²) < 4.78 is 5.20. The summed E-state index contributed by atoms with van der Waals surface area (Å²) in [5.74, 6) is 9.52. The Bertz CT molecular complexity index is 868. The number of hydrogen-bond donors (Lipinski definition) is 0. The lowest BCUT2D eigenvalue weighted by molar-refractivity contribution is 0.105. The maximum Gasteiger partial charge on any atom is 0.236 e. The lowest BCUT2D eigenvalue weighted by Gasteiger charge is -2.03. The van der Waals surface area contributed by atoms with Crippen LogP contribution < -0.4 is 4.74 Å². The van der Waals surface area contributed by atoms with Crippen LogP contribution >= 0.6 is 0 Å². The summed E-state index contributed by atoms with van der Waals surface area (Å²) in [7, 11) is 0.0389. The van der Waals surface area contributed by atoms with Crippen molar-refractivity contribution in [2.75, 3.05) is 7.11 Å². The predicted molar refractivity (Wildman–Crippen MR) is 101 cm³/mol. The van der Waals surface area contributed by atoms with Crippen molar-refractivity contribution in [3.63, 3.8) is 0 Å². The Labute approximate surface area is 144 Å². The molecule has 0 fully saturated rings. The van der Waals surface area contributed by atoms with E-state index in [2.05, 4.69) is 42.9 Å². The van der Waals surface area contributed by atoms with Crippen LogP contribution in [-0.2, 0) is 0 Å². The van der Waals surface area contributed by atoms with Crippen molar-refractivity contribution in [2.45, 2.75) is 19.6 Å². The summed E-state index contributed by atoms with van der Waals surface area (Å²) in [6.45, 7) is 6.34. The third kappa shape index (κ3) is 5.16. The van der Waals surface area contributed by atoms with Crippen LogP contribution in [0.4, 0.5) is 0 Å². The zero-order valence-electron chi connectivity index (χ0n) is 14.4. The number of ether oxygens (including phenoxy) is 1. The molecule has 2 nitrogen and oxygen atoms in total. The SMILES string of the molecule is COc1cccc(C#Cc2ccccc2C(=O)C#C[Si](C)(C)C)c1. The van der Waals surface area contributed by atoms with Gasteiger partial charge in [0.15, 0.2) is 0 Å². The van der Waals surface area contributed by atoms with E-state index in [0.717, 1.165) is 11.3 Å². The maximum atomic E-state index is 12.4. The number of Topliss-reactive ketones (excluding diaryl/α,β-unsaturated/α-hetero) is 1. The van der Waals surface area contributed by atoms with E-state index in [4.69, 9.17) is 4.74 Å². The zero-order valence-corrected chi connectivity index (χ0v) is 15.4. The average Bonchev–Trinajstić information content (AvgIpc) is 2.57. The Morgan fingerprint density at radius 2 is 1.75 bits per heavy atom. The second-order valence-corrected chi connectivity index (χ2v) is 11.1. The molecule has 2 aromatic carbocycles. The van der Waals surface area contributed by atoms with Gasteiger partial charge in [0.2, 0.25) is 5.78 Å². The number of hydrogen-bond acceptors (Lipinski definition) is 2. The fraction of sp³-hybridized carbons (Fsp3) is 0.190. The van der Waals surface area contributed by atoms with Gasteiger partial charge in [0.05, 0.1) is 7.11 Å². The molecular formula is C21H20O2Si. The molecule has 0 atom stereocenters. The highest BCUT2D eigenvalue weighted by atomic mass is 28.3. The van der Waals surface area contributed by atoms with Crippen LogP contribution in [0.3, 0.4) is 0 Å². The normalized spacial score (nSPS) is 10.0. The molecule has 0 saturated carbocycles. The van der Waals surface area contributed by atoms with Gasteiger partial charge >= 0.3 is 0 Å². The predicted octanol–water partition coefficient (Wildman–Crippen LogP) is 4.16. The summed E-state index contributed by atoms with van der Waals surface area (Å²) in [5, 5.41) is 0. The zero-order chi connectivity index (χ0) is 17.6. The molecule has 0 aliphatic rings. The molecule has 0 heterocycles. The van der Waals surface area contributed by atoms with Crippen LogP contribution in [0.2, 0.25) is 19.6 Å². The van der Waals surface area contributed by atoms with Gasteiger partial charge in [-0.05, 0) is 36.3 Å². The van der Waals surface area contributed by atoms with Crippen molar-refractivity contribution < 1.29 is 9.53 Å². The lowest BCUT2D eigenvalue weighted by atomic mass is 10.0. The summed E-state index contributed by atoms with van der Waals surface area (Å²) >= 11 is 0. The molecule has 0 spiro atoms. The Kier molecular flexibility index (Phi) is 5.63. The maximum absolute atomic E-state index is 12.4. The van der Waals surface area contributed by atoms with Crippen LogP contribution in [0.25, 0.3) is 0 Å². The van der Waals surface area contributed by atoms with Crippen molar-refractivity contribution in [1.82, 2.24) is 0 Å². The molecule has 0 aliphatic heterocycles. The monoisotopic (exact) mass is 332 g/mol. The van der Waals surface area contributed by atoms with Crippen LogP contribution in [-0.4, -0.2) is 21.0 Å². The Hall–Kier alpha value is -2.75. The Morgan fingerprint density at radius 1 is 1.00 bits per heavy atom. The highest BCUT2D eigenvalue weighted by Gasteiger charge is 2.11. The van der Waals surface area contributed by atoms with Gasteiger partial charge in [-0.2, -0.15) is 0 Å². The molecule has 2 rings (SSSR count). The summed E-state index contributed by atoms with van der Waals surface area (Å²) in [5.41, 5.74) is 5.19. The van der Waals surface area contributed by atoms with Gasteiger partial charge in [0, 0.05) is 16.7 Å². The van der Waals surface area contributed by atoms with Crippen LogP contribution in [0.15, 0.2) is 48.5 Å². The van der Waals surface area contributed by atoms with E-state index in [9.17, 15) is 4.79 Å². The largest absolute Gasteiger partial charge is 0.497 e. The number of rotatable bonds is 2. The first-order chi connectivity index (χ1) is 11.4. The molecule has 0 amide bonds. The lowest BCUT2D eigenvalue weighted by Crippen LogP contribution is -2.17. The number of ketones is 1. The molecule has 0 radical (unpaired) electrons. The van der Waals surface area contributed by atoms with Gasteiger partial charge in [-0.1, -0.05) is 49.7 Å². The summed E-state index contributed by atoms with van der Waals surface area (Å²) in [4.78, 5) is 12.4. The standard InChI is InChI=1S/C21H20O2Si/c1-23-19-10-7-8-17(16-19)12-13-18-9-5-6-11-20(18)21(22)14-15-24(2,3)4/h5-11,16H,1-4H3. The van der Waals surface area contributed by atoms with E-state index in [1.54, 1.807) is 13.2 Å². The third-order valence-corrected chi connectivity index (χ3v) is 4.01. The molecule has 0 saturated heterocycles. The smallest absolute Gasteiger partial charge is 0.236 e. The quantitative estimate of drug-likeness (QED) is 0.469. The van der Waals surface area contributed by atoms with E-state index < -0.39 is 8.07 Å². The van der Waals surface area contributed by atoms with Gasteiger partial charge in [-0.3, -0.25) is 4.79 Å². The van der Waals surface area contributed by atoms with Gasteiger partial charge < -0.3 is 4.74 Å². The highest BCUT2D eigenvalue weighted by Crippen LogP contribution is 2.13. The molecule has 0 N–H and O–H groups in total. The van der Waals surface area contributed by atoms with E-state index >= 15 is 0 Å². The molecule has 3 heteroatoms. The van der Waals surface area contributed by atoms with Gasteiger partial charge in [-0.15, -0.1) is 5.54 Å². The van der Waals surface area contributed by atoms with Crippen LogP contribution in [0, 0.1) is 23.3 Å². The second kappa shape index (κ2) is 7.68. The fourth-order valence-corrected chi connectivity index (χ4v) is 2.43. The first kappa shape index (κ1) is 17.6. The molecule has 24 heavy (non-hydrogen) atoms. The van der Waals surface area contributed by atoms with E-state index in [1.807, 2.05) is 42.5 Å². The van der Waals surface area contributed by atoms with Gasteiger partial charge in [-0.25, -0.2) is 0 Å². The molecule has 0 aromatic heterocycles. The molecule has 2 aromatic rings. The molecule has 0 aliphatic carbocycles. The second-order valence-electron chi connectivity index (χ2n) is 6.36. The minimum atomic E-state index is -1.58. The fourth-order valence-electron chi connectivity index (χ4n) is 1.94. The topological polar surface area (TPSA) is 26.3 Å². The van der Waals surface area contributed by atoms with Crippen LogP contribution in [0.5, 0.6) is 5.75 Å². The van der Waals surface area contributed by atoms with Gasteiger partial charge in [0.1, 0.15) is 13.8 Å².